The summed E-state index contributed by atoms with van der Waals surface area (Å²) in [5.74, 6) is -1.91. The highest BCUT2D eigenvalue weighted by atomic mass is 35.5. The number of carbonyl (C=O) groups excluding carboxylic acids is 2. The first kappa shape index (κ1) is 30.8. The van der Waals surface area contributed by atoms with Gasteiger partial charge in [-0.1, -0.05) is 37.0 Å². The lowest BCUT2D eigenvalue weighted by atomic mass is 9.74. The number of aryl methyl sites for hydroxylation is 1. The maximum atomic E-state index is 14.6. The van der Waals surface area contributed by atoms with Gasteiger partial charge >= 0.3 is 12.1 Å². The van der Waals surface area contributed by atoms with Crippen molar-refractivity contribution in [3.05, 3.63) is 45.0 Å². The van der Waals surface area contributed by atoms with Gasteiger partial charge in [0.1, 0.15) is 0 Å². The van der Waals surface area contributed by atoms with Crippen molar-refractivity contribution < 1.29 is 32.7 Å². The highest BCUT2D eigenvalue weighted by molar-refractivity contribution is 6.40. The predicted octanol–water partition coefficient (Wildman–Crippen LogP) is 6.88. The van der Waals surface area contributed by atoms with E-state index in [4.69, 9.17) is 23.2 Å². The van der Waals surface area contributed by atoms with E-state index in [0.29, 0.717) is 30.4 Å². The fourth-order valence-electron chi connectivity index (χ4n) is 7.08. The number of aliphatic carboxylic acids is 1. The Labute approximate surface area is 251 Å². The largest absolute Gasteiger partial charge is 0.481 e. The number of nitrogens with zero attached hydrogens (tertiary/aromatic N) is 4. The zero-order valence-corrected chi connectivity index (χ0v) is 25.3. The van der Waals surface area contributed by atoms with E-state index in [2.05, 4.69) is 23.9 Å². The number of carboxylic acid groups (broad SMARTS) is 1. The van der Waals surface area contributed by atoms with Crippen LogP contribution in [0.3, 0.4) is 0 Å². The second-order valence-electron chi connectivity index (χ2n) is 12.8. The Kier molecular flexibility index (Phi) is 7.70. The molecule has 2 atom stereocenters. The third-order valence-electron chi connectivity index (χ3n) is 10.00. The van der Waals surface area contributed by atoms with Crippen molar-refractivity contribution in [3.8, 4) is 0 Å². The highest BCUT2D eigenvalue weighted by Crippen LogP contribution is 2.67. The van der Waals surface area contributed by atoms with Gasteiger partial charge in [-0.05, 0) is 69.6 Å². The molecular weight excluding hydrogens is 596 g/mol. The highest BCUT2D eigenvalue weighted by Gasteiger charge is 2.63. The SMILES string of the molecule is Cc1ncc(Cl)c(C(=O)CN(C(=O)c2cnn(C3CCC(C)(C(=O)O)CC3)c2C(F)(F)F)C2CC3C(C2)C3(C)C)c1Cl. The number of Topliss-reactive ketones (excluding diaryl/α,β-unsaturated/α-hetero) is 1. The quantitative estimate of drug-likeness (QED) is 0.335. The van der Waals surface area contributed by atoms with Crippen LogP contribution in [0.4, 0.5) is 13.2 Å². The van der Waals surface area contributed by atoms with E-state index < -0.39 is 59.1 Å². The molecule has 2 aromatic heterocycles. The van der Waals surface area contributed by atoms with Crippen LogP contribution in [0, 0.1) is 29.6 Å². The molecule has 0 saturated heterocycles. The van der Waals surface area contributed by atoms with Crippen molar-refractivity contribution in [2.45, 2.75) is 84.5 Å². The number of amides is 1. The molecule has 42 heavy (non-hydrogen) atoms. The van der Waals surface area contributed by atoms with Gasteiger partial charge in [0, 0.05) is 12.2 Å². The van der Waals surface area contributed by atoms with Crippen LogP contribution < -0.4 is 0 Å². The van der Waals surface area contributed by atoms with Gasteiger partial charge in [-0.2, -0.15) is 18.3 Å². The van der Waals surface area contributed by atoms with Crippen LogP contribution in [-0.4, -0.2) is 55.0 Å². The molecule has 2 aromatic rings. The summed E-state index contributed by atoms with van der Waals surface area (Å²) in [7, 11) is 0. The zero-order valence-electron chi connectivity index (χ0n) is 23.8. The molecule has 1 amide bonds. The second-order valence-corrected chi connectivity index (χ2v) is 13.6. The standard InChI is InChI=1S/C29H33Cl2F3N4O4/c1-14-23(31)22(20(30)12-35-14)21(39)13-37(16-9-18-19(10-16)27(18,2)3)25(40)17-11-36-38(24(17)29(32,33)34)15-5-7-28(4,8-6-15)26(41)42/h11-12,15-16,18-19H,5-10,13H2,1-4H3,(H,41,42). The van der Waals surface area contributed by atoms with Crippen LogP contribution >= 0.6 is 23.2 Å². The maximum Gasteiger partial charge on any atom is 0.433 e. The summed E-state index contributed by atoms with van der Waals surface area (Å²) in [4.78, 5) is 44.5. The number of halogens is 5. The Bertz CT molecular complexity index is 1430. The normalized spacial score (nSPS) is 28.3. The Morgan fingerprint density at radius 3 is 2.24 bits per heavy atom. The number of ketones is 1. The van der Waals surface area contributed by atoms with Gasteiger partial charge in [-0.15, -0.1) is 0 Å². The van der Waals surface area contributed by atoms with Crippen LogP contribution in [-0.2, 0) is 11.0 Å². The first-order valence-electron chi connectivity index (χ1n) is 14.0. The van der Waals surface area contributed by atoms with Crippen molar-refractivity contribution in [1.82, 2.24) is 19.7 Å². The summed E-state index contributed by atoms with van der Waals surface area (Å²) in [5, 5.41) is 13.6. The van der Waals surface area contributed by atoms with E-state index in [9.17, 15) is 32.7 Å². The lowest BCUT2D eigenvalue weighted by Gasteiger charge is -2.35. The Morgan fingerprint density at radius 2 is 1.69 bits per heavy atom. The molecule has 3 saturated carbocycles. The second kappa shape index (κ2) is 10.5. The first-order chi connectivity index (χ1) is 19.5. The predicted molar refractivity (Wildman–Crippen MR) is 149 cm³/mol. The Morgan fingerprint density at radius 1 is 1.10 bits per heavy atom. The smallest absolute Gasteiger partial charge is 0.433 e. The molecule has 3 fully saturated rings. The van der Waals surface area contributed by atoms with Crippen molar-refractivity contribution in [1.29, 1.82) is 0 Å². The summed E-state index contributed by atoms with van der Waals surface area (Å²) in [6, 6.07) is -1.16. The van der Waals surface area contributed by atoms with Crippen LogP contribution in [0.2, 0.25) is 10.0 Å². The Balaban J connectivity index is 1.49. The molecule has 13 heteroatoms. The number of pyridine rings is 1. The molecule has 3 aliphatic rings. The molecule has 8 nitrogen and oxygen atoms in total. The van der Waals surface area contributed by atoms with Crippen LogP contribution in [0.25, 0.3) is 0 Å². The fraction of sp³-hybridized carbons (Fsp3) is 0.621. The van der Waals surface area contributed by atoms with Crippen molar-refractivity contribution >= 4 is 40.9 Å². The van der Waals surface area contributed by atoms with E-state index in [1.165, 1.54) is 11.1 Å². The number of aromatic nitrogens is 3. The summed E-state index contributed by atoms with van der Waals surface area (Å²) >= 11 is 12.6. The minimum Gasteiger partial charge on any atom is -0.481 e. The third kappa shape index (κ3) is 5.20. The maximum absolute atomic E-state index is 14.6. The van der Waals surface area contributed by atoms with Gasteiger partial charge in [0.05, 0.1) is 51.1 Å². The van der Waals surface area contributed by atoms with E-state index in [1.54, 1.807) is 13.8 Å². The minimum absolute atomic E-state index is 0.00661. The lowest BCUT2D eigenvalue weighted by molar-refractivity contribution is -0.152. The van der Waals surface area contributed by atoms with Gasteiger partial charge in [-0.25, -0.2) is 0 Å². The number of carbonyl (C=O) groups is 3. The molecule has 0 aliphatic heterocycles. The Hall–Kier alpha value is -2.66. The van der Waals surface area contributed by atoms with Crippen LogP contribution in [0.15, 0.2) is 12.4 Å². The minimum atomic E-state index is -4.92. The van der Waals surface area contributed by atoms with E-state index in [0.717, 1.165) is 10.9 Å². The molecule has 3 aliphatic carbocycles. The summed E-state index contributed by atoms with van der Waals surface area (Å²) in [6.45, 7) is 6.93. The van der Waals surface area contributed by atoms with Gasteiger partial charge in [0.15, 0.2) is 11.5 Å². The van der Waals surface area contributed by atoms with Gasteiger partial charge in [0.25, 0.3) is 5.91 Å². The molecular formula is C29H33Cl2F3N4O4. The molecule has 0 bridgehead atoms. The number of hydrogen-bond donors (Lipinski definition) is 1. The van der Waals surface area contributed by atoms with Crippen molar-refractivity contribution in [3.63, 3.8) is 0 Å². The average Bonchev–Trinajstić information content (AvgIpc) is 3.33. The van der Waals surface area contributed by atoms with E-state index in [1.807, 2.05) is 0 Å². The molecule has 0 radical (unpaired) electrons. The van der Waals surface area contributed by atoms with Gasteiger partial charge < -0.3 is 10.0 Å². The summed E-state index contributed by atoms with van der Waals surface area (Å²) in [6.07, 6.45) is -0.877. The molecule has 1 N–H and O–H groups in total. The average molecular weight is 630 g/mol. The van der Waals surface area contributed by atoms with E-state index in [-0.39, 0.29) is 46.7 Å². The van der Waals surface area contributed by atoms with Crippen molar-refractivity contribution in [2.24, 2.45) is 22.7 Å². The molecule has 0 spiro atoms. The molecule has 0 aromatic carbocycles. The van der Waals surface area contributed by atoms with Crippen LogP contribution in [0.5, 0.6) is 0 Å². The molecule has 228 valence electrons. The van der Waals surface area contributed by atoms with Crippen molar-refractivity contribution in [2.75, 3.05) is 6.54 Å². The topological polar surface area (TPSA) is 105 Å². The van der Waals surface area contributed by atoms with E-state index >= 15 is 0 Å². The number of hydrogen-bond acceptors (Lipinski definition) is 5. The summed E-state index contributed by atoms with van der Waals surface area (Å²) in [5.41, 5.74) is -2.43. The van der Waals surface area contributed by atoms with Gasteiger partial charge in [0.2, 0.25) is 0 Å². The number of fused-ring (bicyclic) bond motifs is 1. The monoisotopic (exact) mass is 628 g/mol. The fourth-order valence-corrected chi connectivity index (χ4v) is 7.63. The number of carboxylic acids is 1. The first-order valence-corrected chi connectivity index (χ1v) is 14.8. The van der Waals surface area contributed by atoms with Gasteiger partial charge in [-0.3, -0.25) is 24.0 Å². The molecule has 2 heterocycles. The third-order valence-corrected chi connectivity index (χ3v) is 10.7. The number of alkyl halides is 3. The molecule has 2 unspecified atom stereocenters. The lowest BCUT2D eigenvalue weighted by Crippen LogP contribution is -2.44. The molecule has 5 rings (SSSR count). The van der Waals surface area contributed by atoms with Crippen LogP contribution in [0.1, 0.15) is 97.4 Å². The number of rotatable bonds is 7. The summed E-state index contributed by atoms with van der Waals surface area (Å²) < 4.78 is 44.6. The zero-order chi connectivity index (χ0) is 30.9.